The average molecular weight is 490 g/mol. The number of β-amino-alcohol motifs (C(OH)–C–C–N with tert-alkyl or cyclic N) is 1. The third-order valence-electron chi connectivity index (χ3n) is 5.39. The normalized spacial score (nSPS) is 15.6. The fourth-order valence-corrected chi connectivity index (χ4v) is 3.94. The van der Waals surface area contributed by atoms with Gasteiger partial charge in [-0.25, -0.2) is 0 Å². The minimum atomic E-state index is -0.512. The molecular formula is C24H35Cl3N2O2. The minimum absolute atomic E-state index is 0. The first-order chi connectivity index (χ1) is 13.7. The van der Waals surface area contributed by atoms with Crippen molar-refractivity contribution in [2.24, 2.45) is 0 Å². The van der Waals surface area contributed by atoms with E-state index in [1.807, 2.05) is 24.3 Å². The number of benzene rings is 2. The molecular weight excluding hydrogens is 455 g/mol. The lowest BCUT2D eigenvalue weighted by atomic mass is 9.85. The number of halogens is 3. The van der Waals surface area contributed by atoms with E-state index in [0.29, 0.717) is 13.2 Å². The van der Waals surface area contributed by atoms with Gasteiger partial charge >= 0.3 is 0 Å². The maximum atomic E-state index is 10.5. The third-order valence-corrected chi connectivity index (χ3v) is 5.62. The number of aliphatic hydroxyl groups excluding tert-OH is 1. The molecule has 2 aromatic carbocycles. The molecule has 0 saturated carbocycles. The SMILES string of the molecule is Cc1ccc(OCC(O)CN2CCN(c3cccc(Cl)c3)CC2)c(C(C)(C)C)c1.Cl.Cl. The minimum Gasteiger partial charge on any atom is -0.491 e. The highest BCUT2D eigenvalue weighted by Crippen LogP contribution is 2.32. The van der Waals surface area contributed by atoms with Crippen molar-refractivity contribution in [2.45, 2.75) is 39.2 Å². The van der Waals surface area contributed by atoms with Gasteiger partial charge in [0.05, 0.1) is 0 Å². The highest BCUT2D eigenvalue weighted by atomic mass is 35.5. The molecule has 4 nitrogen and oxygen atoms in total. The van der Waals surface area contributed by atoms with Gasteiger partial charge in [0.25, 0.3) is 0 Å². The molecule has 1 aliphatic rings. The van der Waals surface area contributed by atoms with Crippen molar-refractivity contribution in [2.75, 3.05) is 44.2 Å². The Labute approximate surface area is 204 Å². The van der Waals surface area contributed by atoms with Gasteiger partial charge in [-0.1, -0.05) is 56.1 Å². The maximum Gasteiger partial charge on any atom is 0.123 e. The lowest BCUT2D eigenvalue weighted by Crippen LogP contribution is -2.49. The number of aryl methyl sites for hydroxylation is 1. The van der Waals surface area contributed by atoms with Crippen LogP contribution in [0, 0.1) is 6.92 Å². The van der Waals surface area contributed by atoms with Crippen molar-refractivity contribution in [3.05, 3.63) is 58.6 Å². The van der Waals surface area contributed by atoms with Crippen LogP contribution in [0.5, 0.6) is 5.75 Å². The molecule has 0 aromatic heterocycles. The second-order valence-corrected chi connectivity index (χ2v) is 9.42. The van der Waals surface area contributed by atoms with Gasteiger partial charge in [0.1, 0.15) is 18.5 Å². The van der Waals surface area contributed by atoms with E-state index in [-0.39, 0.29) is 30.2 Å². The zero-order valence-electron chi connectivity index (χ0n) is 18.8. The van der Waals surface area contributed by atoms with Gasteiger partial charge in [-0.05, 0) is 42.2 Å². The van der Waals surface area contributed by atoms with Crippen LogP contribution >= 0.6 is 36.4 Å². The van der Waals surface area contributed by atoms with Crippen molar-refractivity contribution in [3.63, 3.8) is 0 Å². The Hall–Kier alpha value is -1.17. The molecule has 1 heterocycles. The lowest BCUT2D eigenvalue weighted by molar-refractivity contribution is 0.0656. The molecule has 1 saturated heterocycles. The van der Waals surface area contributed by atoms with Crippen LogP contribution in [0.15, 0.2) is 42.5 Å². The Morgan fingerprint density at radius 3 is 2.32 bits per heavy atom. The number of rotatable bonds is 6. The number of aliphatic hydroxyl groups is 1. The summed E-state index contributed by atoms with van der Waals surface area (Å²) in [7, 11) is 0. The van der Waals surface area contributed by atoms with Crippen LogP contribution in [0.2, 0.25) is 5.02 Å². The molecule has 2 aromatic rings. The number of nitrogens with zero attached hydrogens (tertiary/aromatic N) is 2. The standard InChI is InChI=1S/C24H33ClN2O2.2ClH/c1-18-8-9-23(22(14-18)24(2,3)4)29-17-21(28)16-26-10-12-27(13-11-26)20-7-5-6-19(25)15-20;;/h5-9,14-15,21,28H,10-13,16-17H2,1-4H3;2*1H. The molecule has 7 heteroatoms. The Balaban J connectivity index is 0.00000240. The van der Waals surface area contributed by atoms with Crippen LogP contribution in [0.1, 0.15) is 31.9 Å². The van der Waals surface area contributed by atoms with Crippen molar-refractivity contribution in [1.82, 2.24) is 4.90 Å². The van der Waals surface area contributed by atoms with E-state index in [0.717, 1.165) is 42.6 Å². The van der Waals surface area contributed by atoms with Crippen LogP contribution in [0.4, 0.5) is 5.69 Å². The van der Waals surface area contributed by atoms with E-state index in [4.69, 9.17) is 16.3 Å². The summed E-state index contributed by atoms with van der Waals surface area (Å²) in [5.41, 5.74) is 3.57. The van der Waals surface area contributed by atoms with E-state index in [9.17, 15) is 5.11 Å². The molecule has 3 rings (SSSR count). The van der Waals surface area contributed by atoms with Crippen molar-refractivity contribution >= 4 is 42.1 Å². The summed E-state index contributed by atoms with van der Waals surface area (Å²) in [6.45, 7) is 13.3. The molecule has 0 amide bonds. The zero-order valence-corrected chi connectivity index (χ0v) is 21.2. The summed E-state index contributed by atoms with van der Waals surface area (Å²) in [5, 5.41) is 11.3. The van der Waals surface area contributed by atoms with Gasteiger partial charge in [0.2, 0.25) is 0 Å². The van der Waals surface area contributed by atoms with Crippen LogP contribution in [-0.4, -0.2) is 55.4 Å². The first kappa shape index (κ1) is 27.9. The summed E-state index contributed by atoms with van der Waals surface area (Å²) < 4.78 is 6.02. The first-order valence-corrected chi connectivity index (χ1v) is 10.7. The Kier molecular flexibility index (Phi) is 10.9. The largest absolute Gasteiger partial charge is 0.491 e. The van der Waals surface area contributed by atoms with Gasteiger partial charge < -0.3 is 14.7 Å². The van der Waals surface area contributed by atoms with Gasteiger partial charge in [-0.3, -0.25) is 4.90 Å². The number of hydrogen-bond acceptors (Lipinski definition) is 4. The molecule has 0 bridgehead atoms. The fraction of sp³-hybridized carbons (Fsp3) is 0.500. The second kappa shape index (κ2) is 12.2. The van der Waals surface area contributed by atoms with E-state index in [2.05, 4.69) is 55.7 Å². The number of hydrogen-bond donors (Lipinski definition) is 1. The highest BCUT2D eigenvalue weighted by Gasteiger charge is 2.22. The molecule has 174 valence electrons. The Morgan fingerprint density at radius 2 is 1.71 bits per heavy atom. The molecule has 31 heavy (non-hydrogen) atoms. The van der Waals surface area contributed by atoms with Gasteiger partial charge in [-0.15, -0.1) is 24.8 Å². The quantitative estimate of drug-likeness (QED) is 0.593. The highest BCUT2D eigenvalue weighted by molar-refractivity contribution is 6.30. The summed E-state index contributed by atoms with van der Waals surface area (Å²) in [5.74, 6) is 0.868. The Bertz CT molecular complexity index is 819. The summed E-state index contributed by atoms with van der Waals surface area (Å²) in [6.07, 6.45) is -0.512. The van der Waals surface area contributed by atoms with Crippen molar-refractivity contribution in [1.29, 1.82) is 0 Å². The lowest BCUT2D eigenvalue weighted by Gasteiger charge is -2.37. The molecule has 1 atom stereocenters. The second-order valence-electron chi connectivity index (χ2n) is 8.98. The summed E-state index contributed by atoms with van der Waals surface area (Å²) in [6, 6.07) is 14.3. The van der Waals surface area contributed by atoms with Crippen LogP contribution in [0.25, 0.3) is 0 Å². The van der Waals surface area contributed by atoms with E-state index >= 15 is 0 Å². The van der Waals surface area contributed by atoms with Gasteiger partial charge in [0, 0.05) is 43.4 Å². The van der Waals surface area contributed by atoms with Gasteiger partial charge in [0.15, 0.2) is 0 Å². The summed E-state index contributed by atoms with van der Waals surface area (Å²) in [4.78, 5) is 4.64. The average Bonchev–Trinajstić information content (AvgIpc) is 2.67. The molecule has 0 spiro atoms. The molecule has 1 unspecified atom stereocenters. The van der Waals surface area contributed by atoms with Gasteiger partial charge in [-0.2, -0.15) is 0 Å². The maximum absolute atomic E-state index is 10.5. The monoisotopic (exact) mass is 488 g/mol. The van der Waals surface area contributed by atoms with Crippen LogP contribution in [0.3, 0.4) is 0 Å². The fourth-order valence-electron chi connectivity index (χ4n) is 3.75. The molecule has 0 aliphatic carbocycles. The van der Waals surface area contributed by atoms with Crippen molar-refractivity contribution in [3.8, 4) is 5.75 Å². The first-order valence-electron chi connectivity index (χ1n) is 10.4. The van der Waals surface area contributed by atoms with E-state index < -0.39 is 6.10 Å². The predicted octanol–water partition coefficient (Wildman–Crippen LogP) is 5.35. The predicted molar refractivity (Wildman–Crippen MR) is 136 cm³/mol. The van der Waals surface area contributed by atoms with E-state index in [1.54, 1.807) is 0 Å². The molecule has 1 aliphatic heterocycles. The number of ether oxygens (including phenoxy) is 1. The number of piperazine rings is 1. The number of anilines is 1. The van der Waals surface area contributed by atoms with Crippen molar-refractivity contribution < 1.29 is 9.84 Å². The summed E-state index contributed by atoms with van der Waals surface area (Å²) >= 11 is 6.11. The van der Waals surface area contributed by atoms with Crippen LogP contribution in [-0.2, 0) is 5.41 Å². The van der Waals surface area contributed by atoms with Crippen LogP contribution < -0.4 is 9.64 Å². The zero-order chi connectivity index (χ0) is 21.0. The molecule has 1 fully saturated rings. The smallest absolute Gasteiger partial charge is 0.123 e. The topological polar surface area (TPSA) is 35.9 Å². The molecule has 0 radical (unpaired) electrons. The van der Waals surface area contributed by atoms with E-state index in [1.165, 1.54) is 11.1 Å². The third kappa shape index (κ3) is 8.03. The molecule has 1 N–H and O–H groups in total. The Morgan fingerprint density at radius 1 is 1.03 bits per heavy atom.